The maximum absolute atomic E-state index is 12.5. The fourth-order valence-corrected chi connectivity index (χ4v) is 2.99. The third kappa shape index (κ3) is 6.04. The minimum absolute atomic E-state index is 0.308. The maximum Gasteiger partial charge on any atom is 0.341 e. The van der Waals surface area contributed by atoms with Crippen LogP contribution in [0.5, 0.6) is 0 Å². The van der Waals surface area contributed by atoms with Gasteiger partial charge in [-0.1, -0.05) is 23.4 Å². The number of ether oxygens (including phenoxy) is 1. The van der Waals surface area contributed by atoms with Crippen LogP contribution in [0.15, 0.2) is 52.5 Å². The molecule has 0 bridgehead atoms. The predicted molar refractivity (Wildman–Crippen MR) is 103 cm³/mol. The minimum Gasteiger partial charge on any atom is -0.449 e. The van der Waals surface area contributed by atoms with E-state index in [-0.39, 0.29) is 5.91 Å². The largest absolute Gasteiger partial charge is 0.449 e. The molecule has 1 N–H and O–H groups in total. The summed E-state index contributed by atoms with van der Waals surface area (Å²) in [7, 11) is 0. The van der Waals surface area contributed by atoms with Crippen LogP contribution in [-0.2, 0) is 9.53 Å². The number of hydrogen-bond acceptors (Lipinski definition) is 5. The lowest BCUT2D eigenvalue weighted by atomic mass is 10.1. The zero-order valence-corrected chi connectivity index (χ0v) is 16.6. The molecular weight excluding hydrogens is 372 g/mol. The molecule has 0 saturated heterocycles. The van der Waals surface area contributed by atoms with Gasteiger partial charge in [-0.3, -0.25) is 4.79 Å². The summed E-state index contributed by atoms with van der Waals surface area (Å²) in [5.74, 6) is -0.937. The number of amides is 1. The van der Waals surface area contributed by atoms with Gasteiger partial charge in [0.05, 0.1) is 5.56 Å². The first-order valence-corrected chi connectivity index (χ1v) is 9.26. The number of pyridine rings is 1. The second kappa shape index (κ2) is 8.56. The van der Waals surface area contributed by atoms with Crippen molar-refractivity contribution in [3.63, 3.8) is 0 Å². The molecule has 1 amide bonds. The highest BCUT2D eigenvalue weighted by atomic mass is 35.5. The van der Waals surface area contributed by atoms with Crippen LogP contribution < -0.4 is 5.32 Å². The van der Waals surface area contributed by atoms with E-state index >= 15 is 0 Å². The van der Waals surface area contributed by atoms with E-state index in [0.29, 0.717) is 15.6 Å². The van der Waals surface area contributed by atoms with Crippen molar-refractivity contribution in [2.45, 2.75) is 49.3 Å². The third-order valence-electron chi connectivity index (χ3n) is 3.17. The van der Waals surface area contributed by atoms with Gasteiger partial charge in [0, 0.05) is 21.7 Å². The summed E-state index contributed by atoms with van der Waals surface area (Å²) in [5, 5.41) is 3.92. The number of benzene rings is 1. The van der Waals surface area contributed by atoms with Gasteiger partial charge < -0.3 is 10.1 Å². The van der Waals surface area contributed by atoms with Gasteiger partial charge in [-0.25, -0.2) is 9.78 Å². The molecule has 0 aliphatic rings. The molecule has 1 atom stereocenters. The molecule has 0 radical (unpaired) electrons. The summed E-state index contributed by atoms with van der Waals surface area (Å²) in [6, 6.07) is 10.5. The van der Waals surface area contributed by atoms with Crippen molar-refractivity contribution in [1.82, 2.24) is 10.3 Å². The van der Waals surface area contributed by atoms with Crippen LogP contribution in [0.4, 0.5) is 0 Å². The maximum atomic E-state index is 12.5. The first kappa shape index (κ1) is 20.3. The second-order valence-corrected chi connectivity index (χ2v) is 8.20. The number of esters is 1. The van der Waals surface area contributed by atoms with E-state index < -0.39 is 17.6 Å². The van der Waals surface area contributed by atoms with Gasteiger partial charge in [0.15, 0.2) is 6.10 Å². The minimum atomic E-state index is -0.907. The van der Waals surface area contributed by atoms with Gasteiger partial charge in [0.1, 0.15) is 5.03 Å². The van der Waals surface area contributed by atoms with Gasteiger partial charge in [-0.05, 0) is 64.1 Å². The molecule has 0 aliphatic carbocycles. The van der Waals surface area contributed by atoms with Gasteiger partial charge in [0.25, 0.3) is 5.91 Å². The summed E-state index contributed by atoms with van der Waals surface area (Å²) in [4.78, 5) is 29.8. The molecule has 7 heteroatoms. The normalized spacial score (nSPS) is 12.3. The van der Waals surface area contributed by atoms with Crippen molar-refractivity contribution in [3.05, 3.63) is 53.2 Å². The van der Waals surface area contributed by atoms with Crippen molar-refractivity contribution >= 4 is 35.2 Å². The van der Waals surface area contributed by atoms with Crippen LogP contribution in [0.2, 0.25) is 5.02 Å². The standard InChI is InChI=1S/C19H21ClN2O3S/c1-12(16(23)22-19(2,3)4)25-18(24)15-6-5-11-21-17(15)26-14-9-7-13(20)8-10-14/h5-12H,1-4H3,(H,22,23)/t12-/m1/s1. The van der Waals surface area contributed by atoms with E-state index in [1.807, 2.05) is 32.9 Å². The molecule has 2 aromatic rings. The summed E-state index contributed by atoms with van der Waals surface area (Å²) >= 11 is 7.22. The summed E-state index contributed by atoms with van der Waals surface area (Å²) in [6.07, 6.45) is 0.695. The number of hydrogen-bond donors (Lipinski definition) is 1. The zero-order chi connectivity index (χ0) is 19.3. The van der Waals surface area contributed by atoms with E-state index in [0.717, 1.165) is 4.90 Å². The molecule has 138 valence electrons. The zero-order valence-electron chi connectivity index (χ0n) is 15.1. The smallest absolute Gasteiger partial charge is 0.341 e. The van der Waals surface area contributed by atoms with Gasteiger partial charge in [0.2, 0.25) is 0 Å². The number of rotatable bonds is 5. The molecule has 0 aliphatic heterocycles. The highest BCUT2D eigenvalue weighted by Crippen LogP contribution is 2.30. The Balaban J connectivity index is 2.11. The van der Waals surface area contributed by atoms with Crippen molar-refractivity contribution < 1.29 is 14.3 Å². The molecule has 0 saturated carbocycles. The molecule has 26 heavy (non-hydrogen) atoms. The van der Waals surface area contributed by atoms with Gasteiger partial charge in [-0.15, -0.1) is 0 Å². The summed E-state index contributed by atoms with van der Waals surface area (Å²) < 4.78 is 5.32. The van der Waals surface area contributed by atoms with Crippen LogP contribution in [0.25, 0.3) is 0 Å². The SMILES string of the molecule is C[C@@H](OC(=O)c1cccnc1Sc1ccc(Cl)cc1)C(=O)NC(C)(C)C. The molecule has 1 heterocycles. The average molecular weight is 393 g/mol. The van der Waals surface area contributed by atoms with E-state index in [1.165, 1.54) is 11.8 Å². The van der Waals surface area contributed by atoms with Crippen molar-refractivity contribution in [2.75, 3.05) is 0 Å². The Morgan fingerprint density at radius 3 is 2.46 bits per heavy atom. The molecule has 1 aromatic heterocycles. The number of nitrogens with one attached hydrogen (secondary N) is 1. The molecular formula is C19H21ClN2O3S. The first-order valence-electron chi connectivity index (χ1n) is 8.07. The lowest BCUT2D eigenvalue weighted by Gasteiger charge is -2.23. The average Bonchev–Trinajstić information content (AvgIpc) is 2.55. The number of halogens is 1. The van der Waals surface area contributed by atoms with E-state index in [9.17, 15) is 9.59 Å². The Bertz CT molecular complexity index is 788. The number of nitrogens with zero attached hydrogens (tertiary/aromatic N) is 1. The molecule has 0 unspecified atom stereocenters. The van der Waals surface area contributed by atoms with Crippen molar-refractivity contribution in [3.8, 4) is 0 Å². The molecule has 0 fully saturated rings. The van der Waals surface area contributed by atoms with E-state index in [2.05, 4.69) is 10.3 Å². The lowest BCUT2D eigenvalue weighted by molar-refractivity contribution is -0.130. The van der Waals surface area contributed by atoms with Gasteiger partial charge >= 0.3 is 5.97 Å². The van der Waals surface area contributed by atoms with Crippen LogP contribution >= 0.6 is 23.4 Å². The second-order valence-electron chi connectivity index (χ2n) is 6.70. The van der Waals surface area contributed by atoms with E-state index in [4.69, 9.17) is 16.3 Å². The predicted octanol–water partition coefficient (Wildman–Crippen LogP) is 4.35. The Labute approximate surface area is 162 Å². The van der Waals surface area contributed by atoms with Crippen LogP contribution in [0.1, 0.15) is 38.1 Å². The Morgan fingerprint density at radius 2 is 1.85 bits per heavy atom. The summed E-state index contributed by atoms with van der Waals surface area (Å²) in [6.45, 7) is 7.13. The Kier molecular flexibility index (Phi) is 6.67. The fraction of sp³-hybridized carbons (Fsp3) is 0.316. The fourth-order valence-electron chi connectivity index (χ4n) is 1.99. The number of carbonyl (C=O) groups is 2. The van der Waals surface area contributed by atoms with Crippen LogP contribution in [0, 0.1) is 0 Å². The van der Waals surface area contributed by atoms with Crippen LogP contribution in [-0.4, -0.2) is 28.5 Å². The molecule has 5 nitrogen and oxygen atoms in total. The lowest BCUT2D eigenvalue weighted by Crippen LogP contribution is -2.46. The molecule has 1 aromatic carbocycles. The highest BCUT2D eigenvalue weighted by Gasteiger charge is 2.24. The first-order chi connectivity index (χ1) is 12.2. The number of aromatic nitrogens is 1. The summed E-state index contributed by atoms with van der Waals surface area (Å²) in [5.41, 5.74) is -0.0929. The monoisotopic (exact) mass is 392 g/mol. The molecule has 2 rings (SSSR count). The Morgan fingerprint density at radius 1 is 1.19 bits per heavy atom. The number of carbonyl (C=O) groups excluding carboxylic acids is 2. The van der Waals surface area contributed by atoms with E-state index in [1.54, 1.807) is 37.4 Å². The van der Waals surface area contributed by atoms with Crippen molar-refractivity contribution in [2.24, 2.45) is 0 Å². The third-order valence-corrected chi connectivity index (χ3v) is 4.45. The van der Waals surface area contributed by atoms with Crippen molar-refractivity contribution in [1.29, 1.82) is 0 Å². The van der Waals surface area contributed by atoms with Crippen LogP contribution in [0.3, 0.4) is 0 Å². The highest BCUT2D eigenvalue weighted by molar-refractivity contribution is 7.99. The molecule has 0 spiro atoms. The Hall–Kier alpha value is -2.05. The quantitative estimate of drug-likeness (QED) is 0.766. The topological polar surface area (TPSA) is 68.3 Å². The van der Waals surface area contributed by atoms with Gasteiger partial charge in [-0.2, -0.15) is 0 Å².